The number of carbonyl (C=O) groups is 1. The van der Waals surface area contributed by atoms with Crippen LogP contribution >= 0.6 is 0 Å². The minimum absolute atomic E-state index is 0.0643. The quantitative estimate of drug-likeness (QED) is 0.811. The van der Waals surface area contributed by atoms with Crippen molar-refractivity contribution in [1.82, 2.24) is 9.21 Å². The van der Waals surface area contributed by atoms with Crippen molar-refractivity contribution < 1.29 is 23.1 Å². The summed E-state index contributed by atoms with van der Waals surface area (Å²) < 4.78 is 32.1. The minimum Gasteiger partial charge on any atom is -0.508 e. The molecule has 1 amide bonds. The molecule has 0 atom stereocenters. The molecular weight excluding hydrogens is 368 g/mol. The zero-order valence-electron chi connectivity index (χ0n) is 14.8. The molecule has 2 aromatic carbocycles. The summed E-state index contributed by atoms with van der Waals surface area (Å²) in [7, 11) is -3.52. The molecule has 27 heavy (non-hydrogen) atoms. The van der Waals surface area contributed by atoms with Crippen LogP contribution < -0.4 is 4.74 Å². The second kappa shape index (κ2) is 8.41. The highest BCUT2D eigenvalue weighted by Gasteiger charge is 2.29. The van der Waals surface area contributed by atoms with Gasteiger partial charge in [-0.25, -0.2) is 8.42 Å². The maximum absolute atomic E-state index is 12.6. The van der Waals surface area contributed by atoms with E-state index in [1.807, 2.05) is 0 Å². The summed E-state index contributed by atoms with van der Waals surface area (Å²) in [5.74, 6) is 0.673. The van der Waals surface area contributed by atoms with Gasteiger partial charge in [0.25, 0.3) is 0 Å². The van der Waals surface area contributed by atoms with Crippen LogP contribution in [0.4, 0.5) is 0 Å². The highest BCUT2D eigenvalue weighted by Crippen LogP contribution is 2.18. The molecule has 0 radical (unpaired) electrons. The molecule has 0 saturated carbocycles. The normalized spacial score (nSPS) is 15.5. The number of ether oxygens (including phenoxy) is 1. The van der Waals surface area contributed by atoms with Crippen LogP contribution in [0.5, 0.6) is 11.5 Å². The molecule has 2 aromatic rings. The lowest BCUT2D eigenvalue weighted by Crippen LogP contribution is -2.50. The number of sulfonamides is 1. The van der Waals surface area contributed by atoms with Crippen LogP contribution in [0.1, 0.15) is 6.42 Å². The minimum atomic E-state index is -3.52. The largest absolute Gasteiger partial charge is 0.508 e. The SMILES string of the molecule is O=C(CCOc1ccc(O)cc1)N1CCN(S(=O)(=O)c2ccccc2)CC1. The predicted octanol–water partition coefficient (Wildman–Crippen LogP) is 1.69. The van der Waals surface area contributed by atoms with Gasteiger partial charge in [-0.05, 0) is 36.4 Å². The first-order valence-corrected chi connectivity index (χ1v) is 10.2. The van der Waals surface area contributed by atoms with Crippen LogP contribution in [0.15, 0.2) is 59.5 Å². The Morgan fingerprint density at radius 1 is 0.963 bits per heavy atom. The van der Waals surface area contributed by atoms with Gasteiger partial charge in [0.05, 0.1) is 17.9 Å². The van der Waals surface area contributed by atoms with E-state index in [-0.39, 0.29) is 42.7 Å². The van der Waals surface area contributed by atoms with Crippen LogP contribution in [-0.2, 0) is 14.8 Å². The molecule has 1 saturated heterocycles. The number of hydrogen-bond acceptors (Lipinski definition) is 5. The second-order valence-electron chi connectivity index (χ2n) is 6.19. The van der Waals surface area contributed by atoms with Gasteiger partial charge in [-0.2, -0.15) is 4.31 Å². The first-order valence-electron chi connectivity index (χ1n) is 8.71. The molecule has 3 rings (SSSR count). The van der Waals surface area contributed by atoms with Gasteiger partial charge >= 0.3 is 0 Å². The number of piperazine rings is 1. The topological polar surface area (TPSA) is 87.2 Å². The number of nitrogens with zero attached hydrogens (tertiary/aromatic N) is 2. The third kappa shape index (κ3) is 4.78. The molecule has 0 spiro atoms. The Hall–Kier alpha value is -2.58. The summed E-state index contributed by atoms with van der Waals surface area (Å²) >= 11 is 0. The molecule has 1 N–H and O–H groups in total. The summed E-state index contributed by atoms with van der Waals surface area (Å²) in [6.07, 6.45) is 0.215. The van der Waals surface area contributed by atoms with E-state index in [1.165, 1.54) is 16.4 Å². The Kier molecular flexibility index (Phi) is 5.98. The van der Waals surface area contributed by atoms with Crippen molar-refractivity contribution in [2.75, 3.05) is 32.8 Å². The number of carbonyl (C=O) groups excluding carboxylic acids is 1. The molecule has 1 fully saturated rings. The van der Waals surface area contributed by atoms with E-state index in [2.05, 4.69) is 0 Å². The highest BCUT2D eigenvalue weighted by atomic mass is 32.2. The van der Waals surface area contributed by atoms with Gasteiger partial charge in [-0.15, -0.1) is 0 Å². The van der Waals surface area contributed by atoms with E-state index in [1.54, 1.807) is 47.4 Å². The van der Waals surface area contributed by atoms with Gasteiger partial charge in [0.15, 0.2) is 0 Å². The summed E-state index contributed by atoms with van der Waals surface area (Å²) in [5, 5.41) is 9.23. The van der Waals surface area contributed by atoms with Crippen molar-refractivity contribution in [2.24, 2.45) is 0 Å². The van der Waals surface area contributed by atoms with Gasteiger partial charge in [-0.3, -0.25) is 4.79 Å². The van der Waals surface area contributed by atoms with Gasteiger partial charge in [0.1, 0.15) is 11.5 Å². The van der Waals surface area contributed by atoms with Gasteiger partial charge < -0.3 is 14.7 Å². The maximum atomic E-state index is 12.6. The molecule has 0 unspecified atom stereocenters. The van der Waals surface area contributed by atoms with E-state index in [9.17, 15) is 18.3 Å². The van der Waals surface area contributed by atoms with Crippen molar-refractivity contribution in [3.05, 3.63) is 54.6 Å². The van der Waals surface area contributed by atoms with Crippen LogP contribution in [0.25, 0.3) is 0 Å². The van der Waals surface area contributed by atoms with E-state index in [0.717, 1.165) is 0 Å². The van der Waals surface area contributed by atoms with Gasteiger partial charge in [0, 0.05) is 26.2 Å². The number of hydrogen-bond donors (Lipinski definition) is 1. The van der Waals surface area contributed by atoms with Crippen molar-refractivity contribution in [2.45, 2.75) is 11.3 Å². The number of phenolic OH excluding ortho intramolecular Hbond substituents is 1. The molecule has 7 nitrogen and oxygen atoms in total. The predicted molar refractivity (Wildman–Crippen MR) is 100.0 cm³/mol. The van der Waals surface area contributed by atoms with Crippen molar-refractivity contribution in [3.8, 4) is 11.5 Å². The summed E-state index contributed by atoms with van der Waals surface area (Å²) in [4.78, 5) is 14.2. The third-order valence-electron chi connectivity index (χ3n) is 4.39. The lowest BCUT2D eigenvalue weighted by molar-refractivity contribution is -0.132. The van der Waals surface area contributed by atoms with Crippen LogP contribution in [0.3, 0.4) is 0 Å². The molecule has 8 heteroatoms. The zero-order valence-corrected chi connectivity index (χ0v) is 15.6. The van der Waals surface area contributed by atoms with Crippen molar-refractivity contribution in [1.29, 1.82) is 0 Å². The number of aromatic hydroxyl groups is 1. The molecule has 1 heterocycles. The standard InChI is InChI=1S/C19H22N2O5S/c22-16-6-8-17(9-7-16)26-15-10-19(23)20-11-13-21(14-12-20)27(24,25)18-4-2-1-3-5-18/h1-9,22H,10-15H2. The molecular formula is C19H22N2O5S. The lowest BCUT2D eigenvalue weighted by atomic mass is 10.3. The van der Waals surface area contributed by atoms with E-state index >= 15 is 0 Å². The van der Waals surface area contributed by atoms with E-state index in [0.29, 0.717) is 18.8 Å². The molecule has 1 aliphatic rings. The molecule has 144 valence electrons. The molecule has 1 aliphatic heterocycles. The van der Waals surface area contributed by atoms with Crippen molar-refractivity contribution >= 4 is 15.9 Å². The van der Waals surface area contributed by atoms with E-state index < -0.39 is 10.0 Å². The number of benzene rings is 2. The van der Waals surface area contributed by atoms with Crippen molar-refractivity contribution in [3.63, 3.8) is 0 Å². The number of rotatable bonds is 6. The highest BCUT2D eigenvalue weighted by molar-refractivity contribution is 7.89. The summed E-state index contributed by atoms with van der Waals surface area (Å²) in [6, 6.07) is 14.6. The van der Waals surface area contributed by atoms with Crippen LogP contribution in [-0.4, -0.2) is 61.4 Å². The Bertz CT molecular complexity index is 861. The lowest BCUT2D eigenvalue weighted by Gasteiger charge is -2.34. The molecule has 0 aromatic heterocycles. The zero-order chi connectivity index (χ0) is 19.3. The molecule has 0 bridgehead atoms. The van der Waals surface area contributed by atoms with Gasteiger partial charge in [0.2, 0.25) is 15.9 Å². The summed E-state index contributed by atoms with van der Waals surface area (Å²) in [5.41, 5.74) is 0. The van der Waals surface area contributed by atoms with Crippen LogP contribution in [0, 0.1) is 0 Å². The first-order chi connectivity index (χ1) is 13.0. The Morgan fingerprint density at radius 2 is 1.59 bits per heavy atom. The second-order valence-corrected chi connectivity index (χ2v) is 8.13. The number of amides is 1. The third-order valence-corrected chi connectivity index (χ3v) is 6.31. The Balaban J connectivity index is 1.47. The Labute approximate surface area is 158 Å². The fourth-order valence-corrected chi connectivity index (χ4v) is 4.32. The molecule has 0 aliphatic carbocycles. The van der Waals surface area contributed by atoms with Crippen LogP contribution in [0.2, 0.25) is 0 Å². The van der Waals surface area contributed by atoms with Gasteiger partial charge in [-0.1, -0.05) is 18.2 Å². The monoisotopic (exact) mass is 390 g/mol. The number of phenols is 1. The fraction of sp³-hybridized carbons (Fsp3) is 0.316. The maximum Gasteiger partial charge on any atom is 0.243 e. The first kappa shape index (κ1) is 19.2. The average Bonchev–Trinajstić information content (AvgIpc) is 2.70. The van der Waals surface area contributed by atoms with E-state index in [4.69, 9.17) is 4.74 Å². The fourth-order valence-electron chi connectivity index (χ4n) is 2.88. The summed E-state index contributed by atoms with van der Waals surface area (Å²) in [6.45, 7) is 1.52. The smallest absolute Gasteiger partial charge is 0.243 e. The average molecular weight is 390 g/mol. The Morgan fingerprint density at radius 3 is 2.22 bits per heavy atom.